The fraction of sp³-hybridized carbons (Fsp3) is 0.0625. The number of aromatic nitrogens is 2. The van der Waals surface area contributed by atoms with Crippen LogP contribution in [-0.2, 0) is 57.5 Å². The topological polar surface area (TPSA) is 323 Å². The van der Waals surface area contributed by atoms with Gasteiger partial charge < -0.3 is 42.0 Å². The Kier molecular flexibility index (Phi) is 15.9. The van der Waals surface area contributed by atoms with Gasteiger partial charge in [-0.15, -0.1) is 0 Å². The first-order valence-corrected chi connectivity index (χ1v) is 21.4. The van der Waals surface area contributed by atoms with Crippen molar-refractivity contribution in [3.05, 3.63) is 117 Å². The van der Waals surface area contributed by atoms with Crippen LogP contribution in [0.5, 0.6) is 0 Å². The molecule has 4 N–H and O–H groups in total. The smallest absolute Gasteiger partial charge is 1.00 e. The zero-order chi connectivity index (χ0) is 39.7. The summed E-state index contributed by atoms with van der Waals surface area (Å²) < 4.78 is 138. The minimum absolute atomic E-state index is 0. The molecule has 0 saturated carbocycles. The molecule has 299 valence electrons. The third-order valence-electron chi connectivity index (χ3n) is 9.05. The Bertz CT molecular complexity index is 3490. The van der Waals surface area contributed by atoms with Gasteiger partial charge in [0, 0.05) is 46.2 Å². The Morgan fingerprint density at radius 2 is 1.00 bits per heavy atom. The van der Waals surface area contributed by atoms with Gasteiger partial charge in [-0.25, -0.2) is 0 Å². The molecule has 1 radical (unpaired) electrons. The molecule has 8 bridgehead atoms. The first-order valence-electron chi connectivity index (χ1n) is 15.6. The fourth-order valence-electron chi connectivity index (χ4n) is 6.59. The van der Waals surface area contributed by atoms with Gasteiger partial charge in [-0.05, 0) is 97.9 Å². The summed E-state index contributed by atoms with van der Waals surface area (Å²) in [4.78, 5) is 25.2. The minimum atomic E-state index is -4.91. The molecular weight excluding hydrogens is 972 g/mol. The summed E-state index contributed by atoms with van der Waals surface area (Å²) >= 11 is 0. The summed E-state index contributed by atoms with van der Waals surface area (Å²) in [5.41, 5.74) is -0.155. The van der Waals surface area contributed by atoms with Crippen molar-refractivity contribution < 1.29 is 189 Å². The van der Waals surface area contributed by atoms with Crippen molar-refractivity contribution in [1.82, 2.24) is 9.97 Å². The van der Waals surface area contributed by atoms with E-state index in [0.717, 1.165) is 42.5 Å². The van der Waals surface area contributed by atoms with Crippen LogP contribution in [0.25, 0.3) is 32.2 Å². The van der Waals surface area contributed by atoms with E-state index in [4.69, 9.17) is 0 Å². The van der Waals surface area contributed by atoms with Gasteiger partial charge in [0.15, 0.2) is 0 Å². The Hall–Kier alpha value is -1.34. The van der Waals surface area contributed by atoms with E-state index in [1.807, 2.05) is 0 Å². The molecule has 0 saturated heterocycles. The number of aliphatic imine (C=N–C) groups is 2. The molecule has 0 fully saturated rings. The standard InChI is InChI=1S/C32H18N8O12S4.Cu.4Na.H/c41-53(42,43)13-4-7-16-20(10-13)29-34-25(16)33-28-19-2-1-3-23(56(50,51)52)24(19)32(40-28)39-27-18-9-6-15(55(47,48)49)12-22(18)31(37-27)38-30-21-11-14(54(44,45)46)5-8-17(21)26(35-29)36-30;;;;;;/h1-12,30,32H,(H4-3,33,35,36,37,38,39,40,41,42,43,44,45,46,47,48,49,50,51,52);;;;;;/q-4;;4*+1;-1. The van der Waals surface area contributed by atoms with Crippen LogP contribution in [0.1, 0.15) is 36.0 Å². The maximum absolute atomic E-state index is 12.6. The summed E-state index contributed by atoms with van der Waals surface area (Å²) in [6.07, 6.45) is -2.85. The van der Waals surface area contributed by atoms with Crippen molar-refractivity contribution >= 4 is 85.3 Å². The van der Waals surface area contributed by atoms with Crippen LogP contribution >= 0.6 is 0 Å². The number of fused-ring (bicyclic) bond motifs is 20. The third kappa shape index (κ3) is 9.65. The molecule has 3 aliphatic heterocycles. The maximum Gasteiger partial charge on any atom is 1.00 e. The van der Waals surface area contributed by atoms with Crippen molar-refractivity contribution in [2.75, 3.05) is 0 Å². The van der Waals surface area contributed by atoms with E-state index in [1.165, 1.54) is 30.3 Å². The zero-order valence-electron chi connectivity index (χ0n) is 32.6. The van der Waals surface area contributed by atoms with Crippen LogP contribution in [0.4, 0.5) is 11.6 Å². The monoisotopic (exact) mass is 990 g/mol. The summed E-state index contributed by atoms with van der Waals surface area (Å²) in [5, 5.41) is 9.49. The molecule has 20 nitrogen and oxygen atoms in total. The van der Waals surface area contributed by atoms with Crippen molar-refractivity contribution in [2.24, 2.45) is 20.0 Å². The quantitative estimate of drug-likeness (QED) is 0.0942. The van der Waals surface area contributed by atoms with E-state index in [9.17, 15) is 51.9 Å². The van der Waals surface area contributed by atoms with Gasteiger partial charge in [-0.3, -0.25) is 18.2 Å². The molecule has 2 unspecified atom stereocenters. The minimum Gasteiger partial charge on any atom is -1.00 e. The van der Waals surface area contributed by atoms with Crippen molar-refractivity contribution in [1.29, 1.82) is 0 Å². The largest absolute Gasteiger partial charge is 1.00 e. The Morgan fingerprint density at radius 3 is 1.61 bits per heavy atom. The first-order chi connectivity index (χ1) is 26.2. The van der Waals surface area contributed by atoms with Crippen molar-refractivity contribution in [3.8, 4) is 0 Å². The van der Waals surface area contributed by atoms with Crippen LogP contribution in [0.3, 0.4) is 0 Å². The molecule has 2 aromatic heterocycles. The Balaban J connectivity index is 0.00000171. The molecule has 4 aromatic carbocycles. The van der Waals surface area contributed by atoms with Gasteiger partial charge in [-0.1, -0.05) is 36.2 Å². The normalized spacial score (nSPS) is 16.5. The predicted octanol–water partition coefficient (Wildman–Crippen LogP) is -9.10. The van der Waals surface area contributed by atoms with Gasteiger partial charge in [-0.2, -0.15) is 33.7 Å². The Labute approximate surface area is 446 Å². The third-order valence-corrected chi connectivity index (χ3v) is 12.5. The predicted molar refractivity (Wildman–Crippen MR) is 195 cm³/mol. The molecule has 6 aromatic rings. The molecular formula is C32H19CuN8Na4O12S4-. The first kappa shape index (κ1) is 52.3. The molecule has 3 aliphatic rings. The summed E-state index contributed by atoms with van der Waals surface area (Å²) in [7, 11) is -19.2. The zero-order valence-corrected chi connectivity index (χ0v) is 43.9. The van der Waals surface area contributed by atoms with Gasteiger partial charge in [0.25, 0.3) is 40.5 Å². The molecule has 0 spiro atoms. The molecule has 29 heteroatoms. The van der Waals surface area contributed by atoms with Gasteiger partial charge >= 0.3 is 118 Å². The second-order valence-corrected chi connectivity index (χ2v) is 18.1. The van der Waals surface area contributed by atoms with Gasteiger partial charge in [0.05, 0.1) is 19.6 Å². The van der Waals surface area contributed by atoms with E-state index in [1.54, 1.807) is 0 Å². The number of benzene rings is 4. The number of amidine groups is 2. The number of hydrogen-bond acceptors (Lipinski definition) is 12. The molecule has 0 aliphatic carbocycles. The maximum atomic E-state index is 12.6. The molecule has 2 atom stereocenters. The molecule has 0 amide bonds. The number of nitrogens with zero attached hydrogens (tertiary/aromatic N) is 8. The van der Waals surface area contributed by atoms with E-state index in [2.05, 4.69) is 40.6 Å². The van der Waals surface area contributed by atoms with E-state index >= 15 is 0 Å². The van der Waals surface area contributed by atoms with Gasteiger partial charge in [0.1, 0.15) is 0 Å². The second-order valence-electron chi connectivity index (χ2n) is 12.4. The molecule has 9 rings (SSSR count). The summed E-state index contributed by atoms with van der Waals surface area (Å²) in [6, 6.07) is 14.2. The van der Waals surface area contributed by atoms with Gasteiger partial charge in [0.2, 0.25) is 0 Å². The average Bonchev–Trinajstić information content (AvgIpc) is 3.84. The van der Waals surface area contributed by atoms with Crippen LogP contribution in [0, 0.1) is 0 Å². The van der Waals surface area contributed by atoms with E-state index in [-0.39, 0.29) is 215 Å². The van der Waals surface area contributed by atoms with E-state index in [0.29, 0.717) is 0 Å². The second kappa shape index (κ2) is 18.5. The van der Waals surface area contributed by atoms with Crippen molar-refractivity contribution in [3.63, 3.8) is 0 Å². The van der Waals surface area contributed by atoms with Crippen LogP contribution in [-0.4, -0.2) is 63.6 Å². The fourth-order valence-corrected chi connectivity index (χ4v) is 8.87. The summed E-state index contributed by atoms with van der Waals surface area (Å²) in [5.74, 6) is -0.544. The van der Waals surface area contributed by atoms with Crippen LogP contribution in [0.15, 0.2) is 112 Å². The van der Waals surface area contributed by atoms with E-state index < -0.39 is 72.4 Å². The SMILES string of the molecule is O=S(=O)(O)c1ccc2c(c1)C1N=c3[n-]c(c4ccc(S(=O)(=O)O)cc34)=NC3[N-]C(=Nc4[n-]c(c5cc(S(=O)(=O)O)ccc45)N=C2[N-]1)c1cccc(S(=O)(=O)O)c13.[Cu].[H-].[Na+].[Na+].[Na+].[Na+]. The number of hydrogen-bond donors (Lipinski definition) is 4. The molecule has 61 heavy (non-hydrogen) atoms. The number of rotatable bonds is 4. The van der Waals surface area contributed by atoms with Crippen LogP contribution < -0.4 is 139 Å². The summed E-state index contributed by atoms with van der Waals surface area (Å²) in [6.45, 7) is 0. The average molecular weight is 991 g/mol. The molecule has 5 heterocycles. The Morgan fingerprint density at radius 1 is 0.508 bits per heavy atom. The van der Waals surface area contributed by atoms with Crippen LogP contribution in [0.2, 0.25) is 0 Å². The van der Waals surface area contributed by atoms with Crippen molar-refractivity contribution in [2.45, 2.75) is 31.9 Å².